The van der Waals surface area contributed by atoms with Crippen LogP contribution in [0.1, 0.15) is 94.6 Å². The molecule has 1 aliphatic carbocycles. The first-order valence-electron chi connectivity index (χ1n) is 13.0. The summed E-state index contributed by atoms with van der Waals surface area (Å²) in [7, 11) is 0. The highest BCUT2D eigenvalue weighted by Gasteiger charge is 2.31. The average molecular weight is 442 g/mol. The van der Waals surface area contributed by atoms with E-state index >= 15 is 0 Å². The molecule has 1 aliphatic heterocycles. The molecule has 1 aromatic rings. The SMILES string of the molecule is NCCCCCCNC(=O)CC1Cc2ccccc2CN1C(=O)CCCC1CCCCC1. The molecule has 32 heavy (non-hydrogen) atoms. The lowest BCUT2D eigenvalue weighted by atomic mass is 9.85. The molecule has 3 rings (SSSR count). The van der Waals surface area contributed by atoms with Gasteiger partial charge in [0.15, 0.2) is 0 Å². The Morgan fingerprint density at radius 3 is 2.50 bits per heavy atom. The molecule has 0 saturated heterocycles. The molecule has 0 spiro atoms. The molecule has 1 atom stereocenters. The van der Waals surface area contributed by atoms with Gasteiger partial charge in [0, 0.05) is 32.0 Å². The first kappa shape index (κ1) is 24.8. The van der Waals surface area contributed by atoms with Crippen molar-refractivity contribution in [2.24, 2.45) is 11.7 Å². The molecule has 1 saturated carbocycles. The summed E-state index contributed by atoms with van der Waals surface area (Å²) in [6, 6.07) is 8.32. The molecule has 2 aliphatic rings. The van der Waals surface area contributed by atoms with Crippen LogP contribution in [0.15, 0.2) is 24.3 Å². The number of unbranched alkanes of at least 4 members (excludes halogenated alkanes) is 3. The molecule has 0 aromatic heterocycles. The Morgan fingerprint density at radius 2 is 1.72 bits per heavy atom. The van der Waals surface area contributed by atoms with E-state index < -0.39 is 0 Å². The highest BCUT2D eigenvalue weighted by Crippen LogP contribution is 2.29. The maximum atomic E-state index is 13.2. The molecule has 5 nitrogen and oxygen atoms in total. The highest BCUT2D eigenvalue weighted by molar-refractivity contribution is 5.80. The maximum Gasteiger partial charge on any atom is 0.223 e. The Morgan fingerprint density at radius 1 is 0.969 bits per heavy atom. The Kier molecular flexibility index (Phi) is 10.5. The third-order valence-electron chi connectivity index (χ3n) is 7.28. The zero-order chi connectivity index (χ0) is 22.6. The largest absolute Gasteiger partial charge is 0.356 e. The molecule has 0 radical (unpaired) electrons. The zero-order valence-corrected chi connectivity index (χ0v) is 19.8. The van der Waals surface area contributed by atoms with E-state index in [4.69, 9.17) is 5.73 Å². The van der Waals surface area contributed by atoms with Gasteiger partial charge in [0.25, 0.3) is 0 Å². The van der Waals surface area contributed by atoms with Gasteiger partial charge in [0.2, 0.25) is 11.8 Å². The van der Waals surface area contributed by atoms with Crippen LogP contribution in [0, 0.1) is 5.92 Å². The average Bonchev–Trinajstić information content (AvgIpc) is 2.81. The smallest absolute Gasteiger partial charge is 0.223 e. The molecule has 2 amide bonds. The predicted molar refractivity (Wildman–Crippen MR) is 130 cm³/mol. The molecular formula is C27H43N3O2. The van der Waals surface area contributed by atoms with Crippen LogP contribution < -0.4 is 11.1 Å². The Bertz CT molecular complexity index is 715. The normalized spacial score (nSPS) is 18.9. The molecule has 178 valence electrons. The van der Waals surface area contributed by atoms with Crippen LogP contribution in [0.5, 0.6) is 0 Å². The summed E-state index contributed by atoms with van der Waals surface area (Å²) in [6.45, 7) is 2.08. The number of rotatable bonds is 12. The number of nitrogens with zero attached hydrogens (tertiary/aromatic N) is 1. The summed E-state index contributed by atoms with van der Waals surface area (Å²) in [5.41, 5.74) is 8.04. The summed E-state index contributed by atoms with van der Waals surface area (Å²) in [5, 5.41) is 3.07. The minimum absolute atomic E-state index is 0.0377. The van der Waals surface area contributed by atoms with Crippen molar-refractivity contribution >= 4 is 11.8 Å². The van der Waals surface area contributed by atoms with Gasteiger partial charge in [-0.2, -0.15) is 0 Å². The van der Waals surface area contributed by atoms with E-state index in [1.54, 1.807) is 0 Å². The fourth-order valence-electron chi connectivity index (χ4n) is 5.36. The molecule has 1 unspecified atom stereocenters. The Hall–Kier alpha value is -1.88. The first-order valence-corrected chi connectivity index (χ1v) is 13.0. The third-order valence-corrected chi connectivity index (χ3v) is 7.28. The quantitative estimate of drug-likeness (QED) is 0.461. The summed E-state index contributed by atoms with van der Waals surface area (Å²) in [5.74, 6) is 1.09. The second-order valence-electron chi connectivity index (χ2n) is 9.80. The summed E-state index contributed by atoms with van der Waals surface area (Å²) < 4.78 is 0. The van der Waals surface area contributed by atoms with Crippen molar-refractivity contribution in [1.82, 2.24) is 10.2 Å². The van der Waals surface area contributed by atoms with Crippen LogP contribution in [0.3, 0.4) is 0 Å². The number of nitrogens with one attached hydrogen (secondary N) is 1. The second-order valence-corrected chi connectivity index (χ2v) is 9.80. The number of fused-ring (bicyclic) bond motifs is 1. The number of hydrogen-bond acceptors (Lipinski definition) is 3. The standard InChI is InChI=1S/C27H43N3O2/c28-17-8-1-2-9-18-29-26(31)20-25-19-23-14-6-7-15-24(23)21-30(25)27(32)16-10-13-22-11-4-3-5-12-22/h6-7,14-15,22,25H,1-5,8-13,16-21,28H2,(H,29,31). The molecule has 1 aromatic carbocycles. The van der Waals surface area contributed by atoms with Gasteiger partial charge in [0.05, 0.1) is 0 Å². The van der Waals surface area contributed by atoms with Gasteiger partial charge in [-0.1, -0.05) is 69.2 Å². The minimum Gasteiger partial charge on any atom is -0.356 e. The molecular weight excluding hydrogens is 398 g/mol. The van der Waals surface area contributed by atoms with E-state index in [0.717, 1.165) is 51.0 Å². The van der Waals surface area contributed by atoms with Gasteiger partial charge in [0.1, 0.15) is 0 Å². The Balaban J connectivity index is 1.50. The van der Waals surface area contributed by atoms with E-state index in [2.05, 4.69) is 23.5 Å². The van der Waals surface area contributed by atoms with Crippen molar-refractivity contribution in [3.05, 3.63) is 35.4 Å². The zero-order valence-electron chi connectivity index (χ0n) is 19.8. The molecule has 0 bridgehead atoms. The highest BCUT2D eigenvalue weighted by atomic mass is 16.2. The number of hydrogen-bond donors (Lipinski definition) is 2. The van der Waals surface area contributed by atoms with Gasteiger partial charge in [-0.05, 0) is 55.7 Å². The van der Waals surface area contributed by atoms with Crippen LogP contribution in [-0.4, -0.2) is 35.8 Å². The second kappa shape index (κ2) is 13.6. The van der Waals surface area contributed by atoms with Crippen LogP contribution in [-0.2, 0) is 22.6 Å². The predicted octanol–water partition coefficient (Wildman–Crippen LogP) is 4.72. The van der Waals surface area contributed by atoms with Crippen LogP contribution in [0.2, 0.25) is 0 Å². The molecule has 3 N–H and O–H groups in total. The summed E-state index contributed by atoms with van der Waals surface area (Å²) >= 11 is 0. The number of benzene rings is 1. The van der Waals surface area contributed by atoms with Crippen LogP contribution in [0.25, 0.3) is 0 Å². The monoisotopic (exact) mass is 441 g/mol. The maximum absolute atomic E-state index is 13.2. The number of amides is 2. The van der Waals surface area contributed by atoms with E-state index in [-0.39, 0.29) is 17.9 Å². The first-order chi connectivity index (χ1) is 15.7. The fraction of sp³-hybridized carbons (Fsp3) is 0.704. The van der Waals surface area contributed by atoms with Gasteiger partial charge < -0.3 is 16.0 Å². The number of carbonyl (C=O) groups is 2. The van der Waals surface area contributed by atoms with Gasteiger partial charge in [-0.3, -0.25) is 9.59 Å². The lowest BCUT2D eigenvalue weighted by Gasteiger charge is -2.37. The topological polar surface area (TPSA) is 75.4 Å². The number of carbonyl (C=O) groups excluding carboxylic acids is 2. The third kappa shape index (κ3) is 7.91. The van der Waals surface area contributed by atoms with Crippen molar-refractivity contribution in [3.63, 3.8) is 0 Å². The summed E-state index contributed by atoms with van der Waals surface area (Å²) in [4.78, 5) is 27.8. The van der Waals surface area contributed by atoms with E-state index in [0.29, 0.717) is 25.9 Å². The van der Waals surface area contributed by atoms with E-state index in [9.17, 15) is 9.59 Å². The van der Waals surface area contributed by atoms with E-state index in [1.807, 2.05) is 11.0 Å². The van der Waals surface area contributed by atoms with Gasteiger partial charge in [-0.25, -0.2) is 0 Å². The molecule has 1 heterocycles. The molecule has 5 heteroatoms. The lowest BCUT2D eigenvalue weighted by molar-refractivity contribution is -0.136. The summed E-state index contributed by atoms with van der Waals surface area (Å²) in [6.07, 6.45) is 14.9. The molecule has 1 fully saturated rings. The Labute approximate surface area is 194 Å². The minimum atomic E-state index is -0.0377. The van der Waals surface area contributed by atoms with Crippen molar-refractivity contribution in [3.8, 4) is 0 Å². The van der Waals surface area contributed by atoms with Gasteiger partial charge >= 0.3 is 0 Å². The van der Waals surface area contributed by atoms with Gasteiger partial charge in [-0.15, -0.1) is 0 Å². The lowest BCUT2D eigenvalue weighted by Crippen LogP contribution is -2.46. The number of nitrogens with two attached hydrogens (primary N) is 1. The van der Waals surface area contributed by atoms with Crippen molar-refractivity contribution in [1.29, 1.82) is 0 Å². The fourth-order valence-corrected chi connectivity index (χ4v) is 5.36. The van der Waals surface area contributed by atoms with Crippen molar-refractivity contribution in [2.75, 3.05) is 13.1 Å². The van der Waals surface area contributed by atoms with Crippen molar-refractivity contribution in [2.45, 2.75) is 102 Å². The van der Waals surface area contributed by atoms with Crippen LogP contribution in [0.4, 0.5) is 0 Å². The van der Waals surface area contributed by atoms with Crippen molar-refractivity contribution < 1.29 is 9.59 Å². The van der Waals surface area contributed by atoms with Crippen LogP contribution >= 0.6 is 0 Å². The van der Waals surface area contributed by atoms with E-state index in [1.165, 1.54) is 49.7 Å².